The number of carbonyl (C=O) groups excluding carboxylic acids is 1. The van der Waals surface area contributed by atoms with Gasteiger partial charge >= 0.3 is 11.9 Å². The predicted molar refractivity (Wildman–Crippen MR) is 51.8 cm³/mol. The molecule has 1 aliphatic rings. The Morgan fingerprint density at radius 1 is 1.64 bits per heavy atom. The standard InChI is InChI=1S/C7H12O2.C3H4O2/c1-6-4-2-3-5-9-7(6)8;1-2-3(4)5/h6H,2-5H2,1H3;2H,1H2,(H,4,5). The van der Waals surface area contributed by atoms with Crippen LogP contribution in [0.2, 0.25) is 0 Å². The SMILES string of the molecule is C=CC(=O)O.CC1CCCCOC1=O. The summed E-state index contributed by atoms with van der Waals surface area (Å²) in [7, 11) is 0. The Morgan fingerprint density at radius 2 is 2.21 bits per heavy atom. The van der Waals surface area contributed by atoms with Crippen molar-refractivity contribution in [3.63, 3.8) is 0 Å². The van der Waals surface area contributed by atoms with Crippen LogP contribution in [-0.4, -0.2) is 23.7 Å². The van der Waals surface area contributed by atoms with Crippen molar-refractivity contribution in [3.05, 3.63) is 12.7 Å². The van der Waals surface area contributed by atoms with Crippen LogP contribution in [0.1, 0.15) is 26.2 Å². The first-order valence-electron chi connectivity index (χ1n) is 4.60. The molecule has 4 nitrogen and oxygen atoms in total. The Morgan fingerprint density at radius 3 is 2.71 bits per heavy atom. The van der Waals surface area contributed by atoms with E-state index in [0.717, 1.165) is 25.3 Å². The first-order valence-corrected chi connectivity index (χ1v) is 4.60. The average Bonchev–Trinajstić information content (AvgIpc) is 2.33. The molecule has 4 heteroatoms. The highest BCUT2D eigenvalue weighted by molar-refractivity contribution is 5.78. The molecule has 0 bridgehead atoms. The van der Waals surface area contributed by atoms with Gasteiger partial charge in [0, 0.05) is 6.08 Å². The Labute approximate surface area is 83.6 Å². The summed E-state index contributed by atoms with van der Waals surface area (Å²) in [6.45, 7) is 5.51. The molecule has 1 unspecified atom stereocenters. The third-order valence-corrected chi connectivity index (χ3v) is 1.85. The predicted octanol–water partition coefficient (Wildman–Crippen LogP) is 1.61. The molecule has 1 N–H and O–H groups in total. The van der Waals surface area contributed by atoms with Gasteiger partial charge in [-0.1, -0.05) is 13.5 Å². The Balaban J connectivity index is 0.000000292. The number of carboxylic acid groups (broad SMARTS) is 1. The molecule has 0 radical (unpaired) electrons. The number of carboxylic acids is 1. The average molecular weight is 200 g/mol. The normalized spacial score (nSPS) is 20.9. The van der Waals surface area contributed by atoms with Crippen molar-refractivity contribution in [2.45, 2.75) is 26.2 Å². The summed E-state index contributed by atoms with van der Waals surface area (Å²) in [5.41, 5.74) is 0. The molecule has 1 atom stereocenters. The van der Waals surface area contributed by atoms with Crippen LogP contribution in [-0.2, 0) is 14.3 Å². The molecule has 1 rings (SSSR count). The van der Waals surface area contributed by atoms with E-state index in [1.807, 2.05) is 6.92 Å². The second kappa shape index (κ2) is 7.12. The van der Waals surface area contributed by atoms with Crippen LogP contribution < -0.4 is 0 Å². The lowest BCUT2D eigenvalue weighted by Gasteiger charge is -2.02. The van der Waals surface area contributed by atoms with Crippen molar-refractivity contribution in [2.75, 3.05) is 6.61 Å². The number of carbonyl (C=O) groups is 2. The van der Waals surface area contributed by atoms with Gasteiger partial charge in [0.05, 0.1) is 12.5 Å². The minimum Gasteiger partial charge on any atom is -0.478 e. The van der Waals surface area contributed by atoms with Gasteiger partial charge < -0.3 is 9.84 Å². The zero-order valence-corrected chi connectivity index (χ0v) is 8.36. The van der Waals surface area contributed by atoms with Crippen LogP contribution in [0.15, 0.2) is 12.7 Å². The summed E-state index contributed by atoms with van der Waals surface area (Å²) in [4.78, 5) is 20.0. The van der Waals surface area contributed by atoms with Crippen LogP contribution in [0.4, 0.5) is 0 Å². The largest absolute Gasteiger partial charge is 0.478 e. The van der Waals surface area contributed by atoms with Crippen molar-refractivity contribution in [2.24, 2.45) is 5.92 Å². The van der Waals surface area contributed by atoms with Gasteiger partial charge in [0.25, 0.3) is 0 Å². The maximum absolute atomic E-state index is 10.8. The highest BCUT2D eigenvalue weighted by atomic mass is 16.5. The minimum atomic E-state index is -0.981. The quantitative estimate of drug-likeness (QED) is 0.516. The number of esters is 1. The van der Waals surface area contributed by atoms with E-state index in [2.05, 4.69) is 6.58 Å². The minimum absolute atomic E-state index is 0.0208. The lowest BCUT2D eigenvalue weighted by Crippen LogP contribution is -2.11. The highest BCUT2D eigenvalue weighted by Gasteiger charge is 2.16. The number of rotatable bonds is 1. The number of hydrogen-bond acceptors (Lipinski definition) is 3. The maximum atomic E-state index is 10.8. The summed E-state index contributed by atoms with van der Waals surface area (Å²) in [6.07, 6.45) is 4.00. The van der Waals surface area contributed by atoms with E-state index in [1.54, 1.807) is 0 Å². The molecule has 1 aliphatic heterocycles. The Hall–Kier alpha value is -1.32. The number of cyclic esters (lactones) is 1. The smallest absolute Gasteiger partial charge is 0.327 e. The third kappa shape index (κ3) is 6.22. The van der Waals surface area contributed by atoms with E-state index in [0.29, 0.717) is 6.61 Å². The maximum Gasteiger partial charge on any atom is 0.327 e. The third-order valence-electron chi connectivity index (χ3n) is 1.85. The number of hydrogen-bond donors (Lipinski definition) is 1. The summed E-state index contributed by atoms with van der Waals surface area (Å²) in [6, 6.07) is 0. The van der Waals surface area contributed by atoms with Crippen LogP contribution in [0.5, 0.6) is 0 Å². The van der Waals surface area contributed by atoms with Gasteiger partial charge in [0.2, 0.25) is 0 Å². The van der Waals surface area contributed by atoms with Crippen molar-refractivity contribution in [3.8, 4) is 0 Å². The molecule has 0 aromatic heterocycles. The van der Waals surface area contributed by atoms with E-state index in [9.17, 15) is 9.59 Å². The van der Waals surface area contributed by atoms with Crippen molar-refractivity contribution in [1.82, 2.24) is 0 Å². The summed E-state index contributed by atoms with van der Waals surface area (Å²) < 4.78 is 4.88. The van der Waals surface area contributed by atoms with Crippen molar-refractivity contribution >= 4 is 11.9 Å². The van der Waals surface area contributed by atoms with Gasteiger partial charge in [-0.25, -0.2) is 4.79 Å². The lowest BCUT2D eigenvalue weighted by molar-refractivity contribution is -0.146. The van der Waals surface area contributed by atoms with Crippen LogP contribution in [0, 0.1) is 5.92 Å². The van der Waals surface area contributed by atoms with E-state index in [1.165, 1.54) is 0 Å². The number of ether oxygens (including phenoxy) is 1. The fourth-order valence-electron chi connectivity index (χ4n) is 0.985. The molecule has 0 aliphatic carbocycles. The van der Waals surface area contributed by atoms with Crippen molar-refractivity contribution < 1.29 is 19.4 Å². The second-order valence-corrected chi connectivity index (χ2v) is 3.11. The molecule has 14 heavy (non-hydrogen) atoms. The van der Waals surface area contributed by atoms with Gasteiger partial charge in [-0.15, -0.1) is 0 Å². The molecule has 0 amide bonds. The molecule has 1 saturated heterocycles. The van der Waals surface area contributed by atoms with Gasteiger partial charge in [-0.2, -0.15) is 0 Å². The number of aliphatic carboxylic acids is 1. The molecular formula is C10H16O4. The molecular weight excluding hydrogens is 184 g/mol. The van der Waals surface area contributed by atoms with E-state index >= 15 is 0 Å². The Kier molecular flexibility index (Phi) is 6.45. The van der Waals surface area contributed by atoms with Crippen LogP contribution in [0.25, 0.3) is 0 Å². The second-order valence-electron chi connectivity index (χ2n) is 3.11. The first kappa shape index (κ1) is 12.7. The summed E-state index contributed by atoms with van der Waals surface area (Å²) >= 11 is 0. The van der Waals surface area contributed by atoms with Gasteiger partial charge in [0.15, 0.2) is 0 Å². The highest BCUT2D eigenvalue weighted by Crippen LogP contribution is 2.13. The fourth-order valence-corrected chi connectivity index (χ4v) is 0.985. The zero-order valence-electron chi connectivity index (χ0n) is 8.36. The lowest BCUT2D eigenvalue weighted by atomic mass is 10.1. The summed E-state index contributed by atoms with van der Waals surface area (Å²) in [5, 5.41) is 7.60. The van der Waals surface area contributed by atoms with Crippen molar-refractivity contribution in [1.29, 1.82) is 0 Å². The molecule has 0 aromatic carbocycles. The van der Waals surface area contributed by atoms with E-state index in [4.69, 9.17) is 9.84 Å². The van der Waals surface area contributed by atoms with Gasteiger partial charge in [-0.05, 0) is 19.3 Å². The topological polar surface area (TPSA) is 63.6 Å². The zero-order chi connectivity index (χ0) is 11.0. The first-order chi connectivity index (χ1) is 6.57. The van der Waals surface area contributed by atoms with Gasteiger partial charge in [-0.3, -0.25) is 4.79 Å². The summed E-state index contributed by atoms with van der Waals surface area (Å²) in [5.74, 6) is -0.870. The molecule has 80 valence electrons. The van der Waals surface area contributed by atoms with E-state index in [-0.39, 0.29) is 11.9 Å². The van der Waals surface area contributed by atoms with Crippen LogP contribution >= 0.6 is 0 Å². The van der Waals surface area contributed by atoms with E-state index < -0.39 is 5.97 Å². The molecule has 1 heterocycles. The fraction of sp³-hybridized carbons (Fsp3) is 0.600. The monoisotopic (exact) mass is 200 g/mol. The van der Waals surface area contributed by atoms with Gasteiger partial charge in [0.1, 0.15) is 0 Å². The molecule has 0 aromatic rings. The molecule has 1 fully saturated rings. The molecule has 0 saturated carbocycles. The van der Waals surface area contributed by atoms with Crippen LogP contribution in [0.3, 0.4) is 0 Å². The Bertz CT molecular complexity index is 210. The molecule has 0 spiro atoms.